The molecule has 3 heterocycles. The molecule has 8 nitrogen and oxygen atoms in total. The molecule has 26 heavy (non-hydrogen) atoms. The van der Waals surface area contributed by atoms with Gasteiger partial charge in [0.05, 0.1) is 25.0 Å². The Labute approximate surface area is 151 Å². The van der Waals surface area contributed by atoms with E-state index >= 15 is 0 Å². The van der Waals surface area contributed by atoms with Gasteiger partial charge in [0.15, 0.2) is 0 Å². The zero-order valence-corrected chi connectivity index (χ0v) is 15.1. The number of likely N-dealkylation sites (tertiary alicyclic amines) is 1. The van der Waals surface area contributed by atoms with Crippen LogP contribution in [-0.4, -0.2) is 52.4 Å². The molecular weight excluding hydrogens is 336 g/mol. The standard InChI is InChI=1S/C18H22N4O4/c1-12-4-5-16(20-19-12)26-11-13-6-7-22(9-13)18(24)14-10-21(2)17(23)8-15(14)25-3/h4-5,8,10,13H,6-7,9,11H2,1-3H3. The van der Waals surface area contributed by atoms with Gasteiger partial charge in [0.2, 0.25) is 5.88 Å². The normalized spacial score (nSPS) is 16.6. The van der Waals surface area contributed by atoms with Gasteiger partial charge in [-0.1, -0.05) is 0 Å². The molecule has 1 saturated heterocycles. The third-order valence-corrected chi connectivity index (χ3v) is 4.45. The van der Waals surface area contributed by atoms with Crippen LogP contribution in [0.5, 0.6) is 11.6 Å². The van der Waals surface area contributed by atoms with Crippen molar-refractivity contribution in [2.45, 2.75) is 13.3 Å². The number of nitrogens with zero attached hydrogens (tertiary/aromatic N) is 4. The first kappa shape index (κ1) is 17.9. The summed E-state index contributed by atoms with van der Waals surface area (Å²) in [6, 6.07) is 4.97. The van der Waals surface area contributed by atoms with Gasteiger partial charge >= 0.3 is 0 Å². The van der Waals surface area contributed by atoms with Crippen molar-refractivity contribution < 1.29 is 14.3 Å². The van der Waals surface area contributed by atoms with E-state index in [0.717, 1.165) is 12.1 Å². The van der Waals surface area contributed by atoms with Crippen LogP contribution in [0.25, 0.3) is 0 Å². The van der Waals surface area contributed by atoms with E-state index in [1.807, 2.05) is 13.0 Å². The third-order valence-electron chi connectivity index (χ3n) is 4.45. The summed E-state index contributed by atoms with van der Waals surface area (Å²) in [7, 11) is 3.07. The van der Waals surface area contributed by atoms with Gasteiger partial charge < -0.3 is 18.9 Å². The van der Waals surface area contributed by atoms with Crippen LogP contribution < -0.4 is 15.0 Å². The van der Waals surface area contributed by atoms with Crippen molar-refractivity contribution in [1.82, 2.24) is 19.7 Å². The molecule has 1 aliphatic heterocycles. The van der Waals surface area contributed by atoms with Gasteiger partial charge in [-0.3, -0.25) is 9.59 Å². The summed E-state index contributed by atoms with van der Waals surface area (Å²) in [5, 5.41) is 7.94. The Balaban J connectivity index is 1.63. The second-order valence-electron chi connectivity index (χ2n) is 6.43. The van der Waals surface area contributed by atoms with Crippen LogP contribution in [0.3, 0.4) is 0 Å². The van der Waals surface area contributed by atoms with Crippen LogP contribution in [-0.2, 0) is 7.05 Å². The fourth-order valence-electron chi connectivity index (χ4n) is 2.93. The van der Waals surface area contributed by atoms with Crippen molar-refractivity contribution in [3.63, 3.8) is 0 Å². The molecule has 0 N–H and O–H groups in total. The highest BCUT2D eigenvalue weighted by Gasteiger charge is 2.29. The topological polar surface area (TPSA) is 86.5 Å². The van der Waals surface area contributed by atoms with Gasteiger partial charge in [-0.05, 0) is 19.4 Å². The lowest BCUT2D eigenvalue weighted by molar-refractivity contribution is 0.0778. The lowest BCUT2D eigenvalue weighted by Gasteiger charge is -2.18. The number of ether oxygens (including phenoxy) is 2. The lowest BCUT2D eigenvalue weighted by Crippen LogP contribution is -2.31. The van der Waals surface area contributed by atoms with Crippen molar-refractivity contribution >= 4 is 5.91 Å². The Kier molecular flexibility index (Phi) is 5.20. The highest BCUT2D eigenvalue weighted by molar-refractivity contribution is 5.96. The molecule has 0 saturated carbocycles. The molecule has 1 aliphatic rings. The Morgan fingerprint density at radius 1 is 1.35 bits per heavy atom. The quantitative estimate of drug-likeness (QED) is 0.794. The van der Waals surface area contributed by atoms with Crippen LogP contribution in [0.4, 0.5) is 0 Å². The number of carbonyl (C=O) groups excluding carboxylic acids is 1. The summed E-state index contributed by atoms with van der Waals surface area (Å²) >= 11 is 0. The predicted molar refractivity (Wildman–Crippen MR) is 94.5 cm³/mol. The molecule has 2 aromatic heterocycles. The zero-order valence-electron chi connectivity index (χ0n) is 15.1. The molecule has 2 aromatic rings. The maximum Gasteiger partial charge on any atom is 0.259 e. The van der Waals surface area contributed by atoms with Crippen molar-refractivity contribution in [2.75, 3.05) is 26.8 Å². The van der Waals surface area contributed by atoms with Crippen LogP contribution >= 0.6 is 0 Å². The first-order valence-corrected chi connectivity index (χ1v) is 8.45. The van der Waals surface area contributed by atoms with E-state index in [2.05, 4.69) is 10.2 Å². The number of hydrogen-bond acceptors (Lipinski definition) is 6. The largest absolute Gasteiger partial charge is 0.496 e. The number of amides is 1. The molecule has 0 bridgehead atoms. The van der Waals surface area contributed by atoms with E-state index < -0.39 is 0 Å². The Morgan fingerprint density at radius 3 is 2.85 bits per heavy atom. The number of pyridine rings is 1. The van der Waals surface area contributed by atoms with E-state index in [1.165, 1.54) is 23.9 Å². The SMILES string of the molecule is COc1cc(=O)n(C)cc1C(=O)N1CCC(COc2ccc(C)nn2)C1. The van der Waals surface area contributed by atoms with E-state index in [0.29, 0.717) is 36.9 Å². The van der Waals surface area contributed by atoms with Gasteiger partial charge in [-0.2, -0.15) is 5.10 Å². The number of aromatic nitrogens is 3. The maximum absolute atomic E-state index is 12.8. The van der Waals surface area contributed by atoms with Gasteiger partial charge in [0.1, 0.15) is 5.75 Å². The second kappa shape index (κ2) is 7.55. The summed E-state index contributed by atoms with van der Waals surface area (Å²) in [6.07, 6.45) is 2.37. The Morgan fingerprint density at radius 2 is 2.15 bits per heavy atom. The summed E-state index contributed by atoms with van der Waals surface area (Å²) < 4.78 is 12.3. The van der Waals surface area contributed by atoms with Crippen molar-refractivity contribution in [3.8, 4) is 11.6 Å². The average Bonchev–Trinajstić information content (AvgIpc) is 3.11. The van der Waals surface area contributed by atoms with Crippen molar-refractivity contribution in [1.29, 1.82) is 0 Å². The monoisotopic (exact) mass is 358 g/mol. The fraction of sp³-hybridized carbons (Fsp3) is 0.444. The van der Waals surface area contributed by atoms with E-state index in [1.54, 1.807) is 18.0 Å². The molecule has 3 rings (SSSR count). The molecular formula is C18H22N4O4. The molecule has 1 fully saturated rings. The highest BCUT2D eigenvalue weighted by atomic mass is 16.5. The molecule has 0 aromatic carbocycles. The molecule has 1 atom stereocenters. The fourth-order valence-corrected chi connectivity index (χ4v) is 2.93. The molecule has 0 radical (unpaired) electrons. The van der Waals surface area contributed by atoms with Crippen LogP contribution in [0.2, 0.25) is 0 Å². The number of carbonyl (C=O) groups is 1. The number of methoxy groups -OCH3 is 1. The van der Waals surface area contributed by atoms with E-state index in [4.69, 9.17) is 9.47 Å². The van der Waals surface area contributed by atoms with Crippen LogP contribution in [0.1, 0.15) is 22.5 Å². The third kappa shape index (κ3) is 3.84. The second-order valence-corrected chi connectivity index (χ2v) is 6.43. The molecule has 0 spiro atoms. The summed E-state index contributed by atoms with van der Waals surface area (Å²) in [5.74, 6) is 0.864. The zero-order chi connectivity index (χ0) is 18.7. The van der Waals surface area contributed by atoms with Gasteiger partial charge in [0, 0.05) is 44.4 Å². The van der Waals surface area contributed by atoms with Crippen molar-refractivity contribution in [3.05, 3.63) is 46.0 Å². The Hall–Kier alpha value is -2.90. The number of hydrogen-bond donors (Lipinski definition) is 0. The molecule has 1 unspecified atom stereocenters. The molecule has 0 aliphatic carbocycles. The summed E-state index contributed by atoms with van der Waals surface area (Å²) in [6.45, 7) is 3.57. The van der Waals surface area contributed by atoms with E-state index in [-0.39, 0.29) is 17.4 Å². The van der Waals surface area contributed by atoms with Crippen LogP contribution in [0, 0.1) is 12.8 Å². The predicted octanol–water partition coefficient (Wildman–Crippen LogP) is 1.03. The number of aryl methyl sites for hydroxylation is 2. The minimum atomic E-state index is -0.217. The number of rotatable bonds is 5. The molecule has 138 valence electrons. The summed E-state index contributed by atoms with van der Waals surface area (Å²) in [5.41, 5.74) is 1.01. The molecule has 8 heteroatoms. The van der Waals surface area contributed by atoms with Crippen LogP contribution in [0.15, 0.2) is 29.2 Å². The van der Waals surface area contributed by atoms with Gasteiger partial charge in [0.25, 0.3) is 11.5 Å². The maximum atomic E-state index is 12.8. The van der Waals surface area contributed by atoms with Crippen molar-refractivity contribution in [2.24, 2.45) is 13.0 Å². The summed E-state index contributed by atoms with van der Waals surface area (Å²) in [4.78, 5) is 26.3. The molecule has 1 amide bonds. The minimum Gasteiger partial charge on any atom is -0.496 e. The highest BCUT2D eigenvalue weighted by Crippen LogP contribution is 2.23. The minimum absolute atomic E-state index is 0.143. The first-order valence-electron chi connectivity index (χ1n) is 8.45. The Bertz CT molecular complexity index is 847. The average molecular weight is 358 g/mol. The smallest absolute Gasteiger partial charge is 0.259 e. The van der Waals surface area contributed by atoms with Gasteiger partial charge in [-0.25, -0.2) is 0 Å². The van der Waals surface area contributed by atoms with Gasteiger partial charge in [-0.15, -0.1) is 5.10 Å². The van der Waals surface area contributed by atoms with E-state index in [9.17, 15) is 9.59 Å². The lowest BCUT2D eigenvalue weighted by atomic mass is 10.1. The first-order chi connectivity index (χ1) is 12.5.